The summed E-state index contributed by atoms with van der Waals surface area (Å²) in [5.41, 5.74) is 0. The number of nitrogens with one attached hydrogen (secondary N) is 1. The molecule has 1 aromatic rings. The first-order valence-electron chi connectivity index (χ1n) is 5.04. The smallest absolute Gasteiger partial charge is 0.134 e. The van der Waals surface area contributed by atoms with Crippen LogP contribution in [0, 0.1) is 5.92 Å². The van der Waals surface area contributed by atoms with Gasteiger partial charge in [0.15, 0.2) is 0 Å². The second-order valence-electron chi connectivity index (χ2n) is 3.85. The molecule has 0 aliphatic carbocycles. The van der Waals surface area contributed by atoms with Crippen molar-refractivity contribution in [3.8, 4) is 0 Å². The Hall–Kier alpha value is -1.32. The minimum Gasteiger partial charge on any atom is -0.373 e. The van der Waals surface area contributed by atoms with Crippen molar-refractivity contribution in [1.82, 2.24) is 9.97 Å². The van der Waals surface area contributed by atoms with Crippen LogP contribution in [0.5, 0.6) is 0 Å². The van der Waals surface area contributed by atoms with Gasteiger partial charge in [-0.3, -0.25) is 0 Å². The molecule has 0 radical (unpaired) electrons. The second-order valence-corrected chi connectivity index (χ2v) is 3.85. The maximum Gasteiger partial charge on any atom is 0.134 e. The van der Waals surface area contributed by atoms with Crippen molar-refractivity contribution in [3.05, 3.63) is 12.4 Å². The van der Waals surface area contributed by atoms with Crippen LogP contribution in [0.4, 0.5) is 11.6 Å². The Morgan fingerprint density at radius 1 is 1.50 bits per heavy atom. The van der Waals surface area contributed by atoms with Crippen LogP contribution in [0.3, 0.4) is 0 Å². The average Bonchev–Trinajstić information content (AvgIpc) is 2.65. The van der Waals surface area contributed by atoms with Crippen LogP contribution < -0.4 is 10.2 Å². The summed E-state index contributed by atoms with van der Waals surface area (Å²) in [5, 5.41) is 3.02. The van der Waals surface area contributed by atoms with E-state index in [1.807, 2.05) is 13.1 Å². The van der Waals surface area contributed by atoms with E-state index in [0.29, 0.717) is 0 Å². The third kappa shape index (κ3) is 1.78. The van der Waals surface area contributed by atoms with Crippen LogP contribution in [0.1, 0.15) is 13.3 Å². The van der Waals surface area contributed by atoms with Gasteiger partial charge in [0, 0.05) is 26.2 Å². The quantitative estimate of drug-likeness (QED) is 0.768. The lowest BCUT2D eigenvalue weighted by Gasteiger charge is -2.16. The zero-order valence-corrected chi connectivity index (χ0v) is 8.70. The molecule has 0 bridgehead atoms. The van der Waals surface area contributed by atoms with Gasteiger partial charge in [-0.05, 0) is 12.3 Å². The molecular weight excluding hydrogens is 176 g/mol. The monoisotopic (exact) mass is 192 g/mol. The Balaban J connectivity index is 2.15. The summed E-state index contributed by atoms with van der Waals surface area (Å²) in [6.45, 7) is 4.50. The Bertz CT molecular complexity index is 313. The SMILES string of the molecule is CNc1cc(N2CCC(C)C2)ncn1. The molecule has 76 valence electrons. The van der Waals surface area contributed by atoms with Gasteiger partial charge in [-0.1, -0.05) is 6.92 Å². The van der Waals surface area contributed by atoms with E-state index in [9.17, 15) is 0 Å². The van der Waals surface area contributed by atoms with E-state index in [-0.39, 0.29) is 0 Å². The first-order valence-corrected chi connectivity index (χ1v) is 5.04. The van der Waals surface area contributed by atoms with Gasteiger partial charge in [-0.2, -0.15) is 0 Å². The molecular formula is C10H16N4. The summed E-state index contributed by atoms with van der Waals surface area (Å²) in [6.07, 6.45) is 2.88. The molecule has 1 aromatic heterocycles. The van der Waals surface area contributed by atoms with E-state index in [4.69, 9.17) is 0 Å². The van der Waals surface area contributed by atoms with Gasteiger partial charge < -0.3 is 10.2 Å². The maximum absolute atomic E-state index is 4.28. The maximum atomic E-state index is 4.28. The standard InChI is InChI=1S/C10H16N4/c1-8-3-4-14(6-8)10-5-9(11-2)12-7-13-10/h5,7-8H,3-4,6H2,1-2H3,(H,11,12,13). The highest BCUT2D eigenvalue weighted by Crippen LogP contribution is 2.22. The van der Waals surface area contributed by atoms with Crippen molar-refractivity contribution >= 4 is 11.6 Å². The Morgan fingerprint density at radius 2 is 2.36 bits per heavy atom. The third-order valence-corrected chi connectivity index (χ3v) is 2.66. The fraction of sp³-hybridized carbons (Fsp3) is 0.600. The number of anilines is 2. The van der Waals surface area contributed by atoms with Crippen molar-refractivity contribution < 1.29 is 0 Å². The average molecular weight is 192 g/mol. The molecule has 0 aromatic carbocycles. The lowest BCUT2D eigenvalue weighted by molar-refractivity contribution is 0.659. The van der Waals surface area contributed by atoms with Crippen LogP contribution in [0.2, 0.25) is 0 Å². The Kier molecular flexibility index (Phi) is 2.52. The topological polar surface area (TPSA) is 41.0 Å². The summed E-state index contributed by atoms with van der Waals surface area (Å²) >= 11 is 0. The van der Waals surface area contributed by atoms with Gasteiger partial charge >= 0.3 is 0 Å². The summed E-state index contributed by atoms with van der Waals surface area (Å²) in [4.78, 5) is 10.7. The van der Waals surface area contributed by atoms with E-state index in [0.717, 1.165) is 30.6 Å². The van der Waals surface area contributed by atoms with Gasteiger partial charge in [0.1, 0.15) is 18.0 Å². The fourth-order valence-electron chi connectivity index (χ4n) is 1.80. The number of aromatic nitrogens is 2. The fourth-order valence-corrected chi connectivity index (χ4v) is 1.80. The van der Waals surface area contributed by atoms with Gasteiger partial charge in [0.25, 0.3) is 0 Å². The third-order valence-electron chi connectivity index (χ3n) is 2.66. The molecule has 1 saturated heterocycles. The zero-order chi connectivity index (χ0) is 9.97. The molecule has 1 fully saturated rings. The van der Waals surface area contributed by atoms with Crippen LogP contribution in [0.25, 0.3) is 0 Å². The van der Waals surface area contributed by atoms with Gasteiger partial charge in [0.2, 0.25) is 0 Å². The summed E-state index contributed by atoms with van der Waals surface area (Å²) < 4.78 is 0. The van der Waals surface area contributed by atoms with E-state index >= 15 is 0 Å². The minimum absolute atomic E-state index is 0.781. The van der Waals surface area contributed by atoms with Crippen LogP contribution in [-0.2, 0) is 0 Å². The number of hydrogen-bond acceptors (Lipinski definition) is 4. The molecule has 1 aliphatic rings. The zero-order valence-electron chi connectivity index (χ0n) is 8.70. The minimum atomic E-state index is 0.781. The largest absolute Gasteiger partial charge is 0.373 e. The lowest BCUT2D eigenvalue weighted by atomic mass is 10.2. The molecule has 14 heavy (non-hydrogen) atoms. The highest BCUT2D eigenvalue weighted by molar-refractivity contribution is 5.48. The van der Waals surface area contributed by atoms with Crippen LogP contribution in [0.15, 0.2) is 12.4 Å². The molecule has 4 heteroatoms. The predicted octanol–water partition coefficient (Wildman–Crippen LogP) is 1.36. The first kappa shape index (κ1) is 9.24. The van der Waals surface area contributed by atoms with Crippen molar-refractivity contribution in [3.63, 3.8) is 0 Å². The van der Waals surface area contributed by atoms with Crippen molar-refractivity contribution in [1.29, 1.82) is 0 Å². The molecule has 4 nitrogen and oxygen atoms in total. The van der Waals surface area contributed by atoms with Gasteiger partial charge in [-0.25, -0.2) is 9.97 Å². The number of rotatable bonds is 2. The van der Waals surface area contributed by atoms with Crippen molar-refractivity contribution in [2.45, 2.75) is 13.3 Å². The first-order chi connectivity index (χ1) is 6.79. The molecule has 1 aliphatic heterocycles. The van der Waals surface area contributed by atoms with Gasteiger partial charge in [-0.15, -0.1) is 0 Å². The summed E-state index contributed by atoms with van der Waals surface area (Å²) in [7, 11) is 1.87. The molecule has 1 N–H and O–H groups in total. The molecule has 2 rings (SSSR count). The molecule has 0 spiro atoms. The highest BCUT2D eigenvalue weighted by atomic mass is 15.2. The molecule has 0 amide bonds. The van der Waals surface area contributed by atoms with Crippen molar-refractivity contribution in [2.24, 2.45) is 5.92 Å². The lowest BCUT2D eigenvalue weighted by Crippen LogP contribution is -2.20. The molecule has 1 atom stereocenters. The van der Waals surface area contributed by atoms with E-state index in [2.05, 4.69) is 27.1 Å². The highest BCUT2D eigenvalue weighted by Gasteiger charge is 2.19. The summed E-state index contributed by atoms with van der Waals surface area (Å²) in [6, 6.07) is 2.00. The number of hydrogen-bond donors (Lipinski definition) is 1. The normalized spacial score (nSPS) is 21.3. The van der Waals surface area contributed by atoms with E-state index < -0.39 is 0 Å². The second kappa shape index (κ2) is 3.82. The molecule has 1 unspecified atom stereocenters. The molecule has 0 saturated carbocycles. The van der Waals surface area contributed by atoms with E-state index in [1.165, 1.54) is 6.42 Å². The Labute approximate surface area is 84.4 Å². The predicted molar refractivity (Wildman–Crippen MR) is 57.6 cm³/mol. The van der Waals surface area contributed by atoms with Crippen LogP contribution in [-0.4, -0.2) is 30.1 Å². The van der Waals surface area contributed by atoms with Crippen LogP contribution >= 0.6 is 0 Å². The summed E-state index contributed by atoms with van der Waals surface area (Å²) in [5.74, 6) is 2.70. The van der Waals surface area contributed by atoms with E-state index in [1.54, 1.807) is 6.33 Å². The van der Waals surface area contributed by atoms with Crippen molar-refractivity contribution in [2.75, 3.05) is 30.4 Å². The molecule has 2 heterocycles. The Morgan fingerprint density at radius 3 is 3.00 bits per heavy atom. The number of nitrogens with zero attached hydrogens (tertiary/aromatic N) is 3. The van der Waals surface area contributed by atoms with Gasteiger partial charge in [0.05, 0.1) is 0 Å².